The van der Waals surface area contributed by atoms with Crippen LogP contribution in [0.3, 0.4) is 0 Å². The van der Waals surface area contributed by atoms with Crippen LogP contribution in [-0.4, -0.2) is 39.4 Å². The second-order valence-corrected chi connectivity index (χ2v) is 7.17. The molecule has 29 heavy (non-hydrogen) atoms. The Kier molecular flexibility index (Phi) is 8.72. The number of amides is 1. The van der Waals surface area contributed by atoms with Crippen LogP contribution in [0.2, 0.25) is 0 Å². The number of carbonyl (C=O) groups is 1. The lowest BCUT2D eigenvalue weighted by atomic mass is 10.1. The van der Waals surface area contributed by atoms with Gasteiger partial charge in [0, 0.05) is 7.11 Å². The molecule has 2 aromatic carbocycles. The number of hydrogen-bond donors (Lipinski definition) is 1. The number of nitrogens with one attached hydrogen (secondary N) is 1. The van der Waals surface area contributed by atoms with E-state index in [0.29, 0.717) is 34.9 Å². The molecule has 2 aromatic rings. The van der Waals surface area contributed by atoms with E-state index in [2.05, 4.69) is 21.2 Å². The Balaban J connectivity index is 2.00. The van der Waals surface area contributed by atoms with Gasteiger partial charge in [0.05, 0.1) is 24.2 Å². The van der Waals surface area contributed by atoms with Gasteiger partial charge in [-0.15, -0.1) is 0 Å². The molecule has 0 aliphatic carbocycles. The monoisotopic (exact) mass is 469 g/mol. The summed E-state index contributed by atoms with van der Waals surface area (Å²) in [6.07, 6.45) is -0.766. The van der Waals surface area contributed by atoms with Crippen molar-refractivity contribution in [1.29, 1.82) is 0 Å². The number of rotatable bonds is 10. The molecule has 0 bridgehead atoms. The topological polar surface area (TPSA) is 66.0 Å². The van der Waals surface area contributed by atoms with Crippen LogP contribution < -0.4 is 19.5 Å². The first-order valence-electron chi connectivity index (χ1n) is 9.07. The summed E-state index contributed by atoms with van der Waals surface area (Å²) in [6, 6.07) is 9.21. The molecule has 0 saturated carbocycles. The Morgan fingerprint density at radius 2 is 1.79 bits per heavy atom. The Labute approximate surface area is 178 Å². The number of benzene rings is 2. The van der Waals surface area contributed by atoms with Gasteiger partial charge in [-0.3, -0.25) is 4.79 Å². The minimum atomic E-state index is -0.766. The average Bonchev–Trinajstić information content (AvgIpc) is 2.70. The third kappa shape index (κ3) is 6.61. The second kappa shape index (κ2) is 11.0. The number of ether oxygens (including phenoxy) is 4. The van der Waals surface area contributed by atoms with Gasteiger partial charge in [0.15, 0.2) is 17.6 Å². The lowest BCUT2D eigenvalue weighted by molar-refractivity contribution is -0.127. The molecule has 0 fully saturated rings. The fourth-order valence-corrected chi connectivity index (χ4v) is 2.98. The van der Waals surface area contributed by atoms with E-state index in [-0.39, 0.29) is 11.9 Å². The molecule has 0 spiro atoms. The molecule has 2 atom stereocenters. The molecular weight excluding hydrogens is 445 g/mol. The van der Waals surface area contributed by atoms with E-state index in [0.717, 1.165) is 5.56 Å². The fourth-order valence-electron chi connectivity index (χ4n) is 2.54. The summed E-state index contributed by atoms with van der Waals surface area (Å²) in [5.41, 5.74) is 0.851. The Bertz CT molecular complexity index is 833. The molecule has 1 N–H and O–H groups in total. The maximum Gasteiger partial charge on any atom is 0.261 e. The minimum absolute atomic E-state index is 0.285. The van der Waals surface area contributed by atoms with Crippen LogP contribution in [0.25, 0.3) is 0 Å². The standard InChI is InChI=1S/C21H25BrFNO5/c1-13(15-5-7-19(20(11-15)27-4)28-10-9-26-3)24-21(25)14(2)29-18-8-6-16(23)12-17(18)22/h5-8,11-14H,9-10H2,1-4H3,(H,24,25). The summed E-state index contributed by atoms with van der Waals surface area (Å²) < 4.78 is 35.2. The number of hydrogen-bond acceptors (Lipinski definition) is 5. The highest BCUT2D eigenvalue weighted by atomic mass is 79.9. The smallest absolute Gasteiger partial charge is 0.261 e. The molecule has 0 aromatic heterocycles. The number of carbonyl (C=O) groups excluding carboxylic acids is 1. The molecule has 0 radical (unpaired) electrons. The first kappa shape index (κ1) is 23.0. The average molecular weight is 470 g/mol. The number of methoxy groups -OCH3 is 2. The highest BCUT2D eigenvalue weighted by Gasteiger charge is 2.20. The van der Waals surface area contributed by atoms with E-state index in [1.807, 2.05) is 19.1 Å². The minimum Gasteiger partial charge on any atom is -0.493 e. The van der Waals surface area contributed by atoms with Crippen molar-refractivity contribution in [1.82, 2.24) is 5.32 Å². The van der Waals surface area contributed by atoms with Crippen molar-refractivity contribution in [3.63, 3.8) is 0 Å². The van der Waals surface area contributed by atoms with Crippen LogP contribution >= 0.6 is 15.9 Å². The molecule has 0 heterocycles. The molecule has 1 amide bonds. The van der Waals surface area contributed by atoms with Crippen LogP contribution in [0.5, 0.6) is 17.2 Å². The normalized spacial score (nSPS) is 12.8. The molecule has 8 heteroatoms. The van der Waals surface area contributed by atoms with Gasteiger partial charge in [0.1, 0.15) is 18.2 Å². The first-order valence-corrected chi connectivity index (χ1v) is 9.86. The zero-order chi connectivity index (χ0) is 21.4. The van der Waals surface area contributed by atoms with Crippen molar-refractivity contribution in [2.24, 2.45) is 0 Å². The summed E-state index contributed by atoms with van der Waals surface area (Å²) in [5, 5.41) is 2.90. The highest BCUT2D eigenvalue weighted by molar-refractivity contribution is 9.10. The van der Waals surface area contributed by atoms with Crippen LogP contribution in [-0.2, 0) is 9.53 Å². The third-order valence-corrected chi connectivity index (χ3v) is 4.78. The van der Waals surface area contributed by atoms with Crippen LogP contribution in [0, 0.1) is 5.82 Å². The van der Waals surface area contributed by atoms with Gasteiger partial charge in [-0.2, -0.15) is 0 Å². The van der Waals surface area contributed by atoms with Gasteiger partial charge in [0.25, 0.3) is 5.91 Å². The number of halogens is 2. The van der Waals surface area contributed by atoms with Gasteiger partial charge in [-0.25, -0.2) is 4.39 Å². The molecule has 0 saturated heterocycles. The second-order valence-electron chi connectivity index (χ2n) is 6.32. The summed E-state index contributed by atoms with van der Waals surface area (Å²) in [5.74, 6) is 0.872. The molecule has 2 unspecified atom stereocenters. The third-order valence-electron chi connectivity index (χ3n) is 4.16. The van der Waals surface area contributed by atoms with Crippen molar-refractivity contribution in [2.75, 3.05) is 27.4 Å². The van der Waals surface area contributed by atoms with Crippen molar-refractivity contribution in [3.8, 4) is 17.2 Å². The quantitative estimate of drug-likeness (QED) is 0.526. The Morgan fingerprint density at radius 1 is 1.07 bits per heavy atom. The van der Waals surface area contributed by atoms with E-state index in [4.69, 9.17) is 18.9 Å². The van der Waals surface area contributed by atoms with Crippen molar-refractivity contribution < 1.29 is 28.1 Å². The van der Waals surface area contributed by atoms with Gasteiger partial charge in [-0.1, -0.05) is 6.07 Å². The van der Waals surface area contributed by atoms with E-state index in [9.17, 15) is 9.18 Å². The van der Waals surface area contributed by atoms with Crippen LogP contribution in [0.15, 0.2) is 40.9 Å². The summed E-state index contributed by atoms with van der Waals surface area (Å²) in [6.45, 7) is 4.37. The molecule has 6 nitrogen and oxygen atoms in total. The maximum atomic E-state index is 13.2. The fraction of sp³-hybridized carbons (Fsp3) is 0.381. The summed E-state index contributed by atoms with van der Waals surface area (Å²) in [4.78, 5) is 12.5. The zero-order valence-electron chi connectivity index (χ0n) is 16.8. The van der Waals surface area contributed by atoms with Crippen molar-refractivity contribution >= 4 is 21.8 Å². The van der Waals surface area contributed by atoms with Gasteiger partial charge < -0.3 is 24.3 Å². The molecule has 0 aliphatic rings. The van der Waals surface area contributed by atoms with E-state index >= 15 is 0 Å². The van der Waals surface area contributed by atoms with Crippen molar-refractivity contribution in [3.05, 3.63) is 52.3 Å². The highest BCUT2D eigenvalue weighted by Crippen LogP contribution is 2.30. The lowest BCUT2D eigenvalue weighted by Gasteiger charge is -2.20. The van der Waals surface area contributed by atoms with Crippen molar-refractivity contribution in [2.45, 2.75) is 26.0 Å². The lowest BCUT2D eigenvalue weighted by Crippen LogP contribution is -2.37. The molecule has 0 aliphatic heterocycles. The molecule has 158 valence electrons. The van der Waals surface area contributed by atoms with Gasteiger partial charge in [0.2, 0.25) is 0 Å². The maximum absolute atomic E-state index is 13.2. The van der Waals surface area contributed by atoms with Gasteiger partial charge in [-0.05, 0) is 65.7 Å². The Morgan fingerprint density at radius 3 is 2.45 bits per heavy atom. The summed E-state index contributed by atoms with van der Waals surface area (Å²) >= 11 is 3.23. The van der Waals surface area contributed by atoms with E-state index < -0.39 is 11.9 Å². The molecule has 2 rings (SSSR count). The van der Waals surface area contributed by atoms with Crippen LogP contribution in [0.1, 0.15) is 25.5 Å². The zero-order valence-corrected chi connectivity index (χ0v) is 18.4. The van der Waals surface area contributed by atoms with E-state index in [1.54, 1.807) is 27.2 Å². The largest absolute Gasteiger partial charge is 0.493 e. The predicted molar refractivity (Wildman–Crippen MR) is 111 cm³/mol. The molecular formula is C21H25BrFNO5. The first-order chi connectivity index (χ1) is 13.8. The van der Waals surface area contributed by atoms with Crippen LogP contribution in [0.4, 0.5) is 4.39 Å². The van der Waals surface area contributed by atoms with Gasteiger partial charge >= 0.3 is 0 Å². The predicted octanol–water partition coefficient (Wildman–Crippen LogP) is 4.27. The Hall–Kier alpha value is -2.32. The van der Waals surface area contributed by atoms with E-state index in [1.165, 1.54) is 18.2 Å². The SMILES string of the molecule is COCCOc1ccc(C(C)NC(=O)C(C)Oc2ccc(F)cc2Br)cc1OC. The summed E-state index contributed by atoms with van der Waals surface area (Å²) in [7, 11) is 3.16.